The van der Waals surface area contributed by atoms with Crippen LogP contribution >= 0.6 is 12.2 Å². The Morgan fingerprint density at radius 2 is 1.71 bits per heavy atom. The van der Waals surface area contributed by atoms with Crippen molar-refractivity contribution in [2.24, 2.45) is 0 Å². The normalized spacial score (nSPS) is 15.3. The summed E-state index contributed by atoms with van der Waals surface area (Å²) in [5.41, 5.74) is 2.47. The van der Waals surface area contributed by atoms with Gasteiger partial charge in [-0.1, -0.05) is 26.0 Å². The third-order valence-corrected chi connectivity index (χ3v) is 5.82. The molecule has 1 aromatic carbocycles. The predicted octanol–water partition coefficient (Wildman–Crippen LogP) is 2.28. The number of anilines is 1. The maximum absolute atomic E-state index is 5.74. The first-order valence-electron chi connectivity index (χ1n) is 9.85. The van der Waals surface area contributed by atoms with Crippen LogP contribution in [0.3, 0.4) is 0 Å². The number of nitrogens with zero attached hydrogens (tertiary/aromatic N) is 5. The highest BCUT2D eigenvalue weighted by molar-refractivity contribution is 7.71. The van der Waals surface area contributed by atoms with Crippen LogP contribution in [-0.4, -0.2) is 45.3 Å². The summed E-state index contributed by atoms with van der Waals surface area (Å²) >= 11 is 5.74. The standard InChI is InChI=1S/C21H26N6S/c1-17(2)18-4-6-19(7-5-18)27-15-14-26(21(27)28)16-24-10-12-25(13-11-24)20-22-8-3-9-23-20/h3-9,14-15,17H,10-13,16H2,1-2H3/p+1. The summed E-state index contributed by atoms with van der Waals surface area (Å²) in [6.07, 6.45) is 7.77. The minimum atomic E-state index is 0.537. The highest BCUT2D eigenvalue weighted by atomic mass is 32.1. The molecule has 4 rings (SSSR count). The lowest BCUT2D eigenvalue weighted by Gasteiger charge is -2.32. The van der Waals surface area contributed by atoms with E-state index >= 15 is 0 Å². The second kappa shape index (κ2) is 8.24. The number of aromatic nitrogens is 4. The van der Waals surface area contributed by atoms with Crippen LogP contribution < -0.4 is 9.80 Å². The van der Waals surface area contributed by atoms with Gasteiger partial charge in [0.15, 0.2) is 11.4 Å². The summed E-state index contributed by atoms with van der Waals surface area (Å²) in [6.45, 7) is 9.34. The Morgan fingerprint density at radius 3 is 2.36 bits per heavy atom. The Bertz CT molecular complexity index is 953. The van der Waals surface area contributed by atoms with Gasteiger partial charge in [0.05, 0.1) is 26.2 Å². The first-order chi connectivity index (χ1) is 13.6. The average molecular weight is 396 g/mol. The molecular formula is C21H27N6S+. The van der Waals surface area contributed by atoms with Gasteiger partial charge in [-0.3, -0.25) is 9.13 Å². The van der Waals surface area contributed by atoms with E-state index in [0.29, 0.717) is 5.92 Å². The molecule has 1 aliphatic rings. The first kappa shape index (κ1) is 18.8. The monoisotopic (exact) mass is 395 g/mol. The third-order valence-electron chi connectivity index (χ3n) is 5.38. The van der Waals surface area contributed by atoms with Crippen LogP contribution in [0.15, 0.2) is 55.1 Å². The van der Waals surface area contributed by atoms with Crippen molar-refractivity contribution in [1.82, 2.24) is 19.1 Å². The van der Waals surface area contributed by atoms with Gasteiger partial charge in [-0.25, -0.2) is 9.97 Å². The molecule has 2 aromatic heterocycles. The Hall–Kier alpha value is -2.51. The number of imidazole rings is 1. The van der Waals surface area contributed by atoms with Gasteiger partial charge in [0.1, 0.15) is 0 Å². The van der Waals surface area contributed by atoms with Crippen LogP contribution in [-0.2, 0) is 6.67 Å². The van der Waals surface area contributed by atoms with E-state index in [9.17, 15) is 0 Å². The largest absolute Gasteiger partial charge is 0.330 e. The molecule has 146 valence electrons. The maximum Gasteiger partial charge on any atom is 0.225 e. The van der Waals surface area contributed by atoms with Crippen LogP contribution in [0.4, 0.5) is 5.95 Å². The van der Waals surface area contributed by atoms with Gasteiger partial charge in [0, 0.05) is 30.5 Å². The van der Waals surface area contributed by atoms with Crippen LogP contribution in [0.2, 0.25) is 0 Å². The van der Waals surface area contributed by atoms with Crippen molar-refractivity contribution >= 4 is 18.2 Å². The van der Waals surface area contributed by atoms with E-state index in [1.54, 1.807) is 12.4 Å². The molecule has 0 radical (unpaired) electrons. The zero-order valence-electron chi connectivity index (χ0n) is 16.5. The fourth-order valence-corrected chi connectivity index (χ4v) is 3.92. The molecule has 1 fully saturated rings. The molecule has 0 amide bonds. The Morgan fingerprint density at radius 1 is 1.04 bits per heavy atom. The van der Waals surface area contributed by atoms with E-state index in [2.05, 4.69) is 74.5 Å². The van der Waals surface area contributed by atoms with Gasteiger partial charge in [0.25, 0.3) is 0 Å². The minimum absolute atomic E-state index is 0.537. The first-order valence-corrected chi connectivity index (χ1v) is 10.3. The number of quaternary nitrogens is 1. The summed E-state index contributed by atoms with van der Waals surface area (Å²) < 4.78 is 5.11. The lowest BCUT2D eigenvalue weighted by Crippen LogP contribution is -3.14. The lowest BCUT2D eigenvalue weighted by molar-refractivity contribution is -0.923. The topological polar surface area (TPSA) is 43.3 Å². The molecule has 0 saturated carbocycles. The number of piperazine rings is 1. The van der Waals surface area contributed by atoms with Crippen molar-refractivity contribution in [3.8, 4) is 5.69 Å². The van der Waals surface area contributed by atoms with Gasteiger partial charge in [0.2, 0.25) is 5.95 Å². The smallest absolute Gasteiger partial charge is 0.225 e. The molecule has 1 saturated heterocycles. The Labute approximate surface area is 171 Å². The molecule has 1 N–H and O–H groups in total. The summed E-state index contributed by atoms with van der Waals surface area (Å²) in [7, 11) is 0. The molecule has 0 spiro atoms. The van der Waals surface area contributed by atoms with Gasteiger partial charge in [-0.15, -0.1) is 0 Å². The summed E-state index contributed by atoms with van der Waals surface area (Å²) in [5.74, 6) is 1.37. The van der Waals surface area contributed by atoms with E-state index in [-0.39, 0.29) is 0 Å². The van der Waals surface area contributed by atoms with Crippen molar-refractivity contribution in [3.05, 3.63) is 65.5 Å². The predicted molar refractivity (Wildman–Crippen MR) is 114 cm³/mol. The van der Waals surface area contributed by atoms with Crippen LogP contribution in [0.5, 0.6) is 0 Å². The van der Waals surface area contributed by atoms with Gasteiger partial charge in [-0.05, 0) is 41.9 Å². The second-order valence-electron chi connectivity index (χ2n) is 7.61. The average Bonchev–Trinajstić information content (AvgIpc) is 3.09. The second-order valence-corrected chi connectivity index (χ2v) is 7.98. The number of rotatable bonds is 5. The van der Waals surface area contributed by atoms with Gasteiger partial charge < -0.3 is 9.80 Å². The van der Waals surface area contributed by atoms with E-state index < -0.39 is 0 Å². The van der Waals surface area contributed by atoms with Crippen molar-refractivity contribution in [2.75, 3.05) is 31.1 Å². The van der Waals surface area contributed by atoms with Crippen molar-refractivity contribution in [1.29, 1.82) is 0 Å². The van der Waals surface area contributed by atoms with E-state index in [1.165, 1.54) is 10.5 Å². The number of hydrogen-bond donors (Lipinski definition) is 1. The molecule has 3 aromatic rings. The molecule has 0 atom stereocenters. The van der Waals surface area contributed by atoms with Crippen LogP contribution in [0.25, 0.3) is 5.69 Å². The molecular weight excluding hydrogens is 368 g/mol. The molecule has 3 heterocycles. The van der Waals surface area contributed by atoms with Crippen molar-refractivity contribution in [3.63, 3.8) is 0 Å². The zero-order valence-corrected chi connectivity index (χ0v) is 17.3. The van der Waals surface area contributed by atoms with E-state index in [0.717, 1.165) is 49.3 Å². The fourth-order valence-electron chi connectivity index (χ4n) is 3.63. The quantitative estimate of drug-likeness (QED) is 0.673. The number of nitrogens with one attached hydrogen (secondary N) is 1. The Kier molecular flexibility index (Phi) is 5.54. The van der Waals surface area contributed by atoms with Crippen molar-refractivity contribution in [2.45, 2.75) is 26.4 Å². The molecule has 6 nitrogen and oxygen atoms in total. The fraction of sp³-hybridized carbons (Fsp3) is 0.381. The molecule has 1 aliphatic heterocycles. The van der Waals surface area contributed by atoms with E-state index in [1.807, 2.05) is 6.07 Å². The van der Waals surface area contributed by atoms with Crippen LogP contribution in [0.1, 0.15) is 25.3 Å². The molecule has 0 bridgehead atoms. The Balaban J connectivity index is 1.41. The minimum Gasteiger partial charge on any atom is -0.330 e. The summed E-state index contributed by atoms with van der Waals surface area (Å²) in [5, 5.41) is 0. The zero-order chi connectivity index (χ0) is 19.5. The summed E-state index contributed by atoms with van der Waals surface area (Å²) in [4.78, 5) is 12.5. The molecule has 7 heteroatoms. The van der Waals surface area contributed by atoms with Gasteiger partial charge >= 0.3 is 0 Å². The lowest BCUT2D eigenvalue weighted by atomic mass is 10.0. The third kappa shape index (κ3) is 4.00. The number of benzene rings is 1. The van der Waals surface area contributed by atoms with Crippen molar-refractivity contribution < 1.29 is 4.90 Å². The highest BCUT2D eigenvalue weighted by Crippen LogP contribution is 2.17. The number of hydrogen-bond acceptors (Lipinski definition) is 4. The van der Waals surface area contributed by atoms with E-state index in [4.69, 9.17) is 12.2 Å². The SMILES string of the molecule is CC(C)c1ccc(-n2ccn(C[NH+]3CCN(c4ncccn4)CC3)c2=S)cc1. The highest BCUT2D eigenvalue weighted by Gasteiger charge is 2.22. The molecule has 0 aliphatic carbocycles. The maximum atomic E-state index is 5.74. The summed E-state index contributed by atoms with van der Waals surface area (Å²) in [6, 6.07) is 10.5. The molecule has 28 heavy (non-hydrogen) atoms. The molecule has 0 unspecified atom stereocenters. The van der Waals surface area contributed by atoms with Crippen LogP contribution in [0, 0.1) is 4.77 Å². The van der Waals surface area contributed by atoms with Gasteiger partial charge in [-0.2, -0.15) is 0 Å².